The molecule has 0 spiro atoms. The van der Waals surface area contributed by atoms with Crippen molar-refractivity contribution >= 4 is 17.8 Å². The quantitative estimate of drug-likeness (QED) is 0.636. The van der Waals surface area contributed by atoms with Gasteiger partial charge in [-0.1, -0.05) is 25.0 Å². The van der Waals surface area contributed by atoms with E-state index in [1.807, 2.05) is 12.1 Å². The molecule has 138 valence electrons. The molecule has 2 N–H and O–H groups in total. The number of carbonyl (C=O) groups excluding carboxylic acids is 2. The number of hydrogen-bond acceptors (Lipinski definition) is 3. The molecule has 0 aliphatic heterocycles. The van der Waals surface area contributed by atoms with E-state index in [-0.39, 0.29) is 11.8 Å². The van der Waals surface area contributed by atoms with Crippen LogP contribution in [-0.2, 0) is 16.0 Å². The van der Waals surface area contributed by atoms with Crippen LogP contribution in [0.2, 0.25) is 0 Å². The van der Waals surface area contributed by atoms with Gasteiger partial charge < -0.3 is 15.3 Å². The highest BCUT2D eigenvalue weighted by atomic mass is 16.4. The molecule has 6 heteroatoms. The monoisotopic (exact) mass is 348 g/mol. The molecule has 1 atom stereocenters. The summed E-state index contributed by atoms with van der Waals surface area (Å²) in [5.41, 5.74) is 1.53. The standard InChI is InChI=1S/C19H28N2O4/c1-14(19(24)25)20-18(23)16-11-8-10-15(13-16)9-6-4-5-7-12-17(22)21(2)3/h8,10-11,13-14H,4-7,9,12H2,1-3H3,(H,20,23)(H,24,25)/t14-/m1/s1. The van der Waals surface area contributed by atoms with Crippen molar-refractivity contribution in [1.82, 2.24) is 10.2 Å². The molecular formula is C19H28N2O4. The highest BCUT2D eigenvalue weighted by Gasteiger charge is 2.15. The fraction of sp³-hybridized carbons (Fsp3) is 0.526. The fourth-order valence-electron chi connectivity index (χ4n) is 2.39. The number of benzene rings is 1. The summed E-state index contributed by atoms with van der Waals surface area (Å²) in [7, 11) is 3.53. The van der Waals surface area contributed by atoms with E-state index in [1.165, 1.54) is 6.92 Å². The second-order valence-corrected chi connectivity index (χ2v) is 6.44. The Morgan fingerprint density at radius 1 is 1.12 bits per heavy atom. The van der Waals surface area contributed by atoms with Gasteiger partial charge in [0, 0.05) is 26.1 Å². The molecule has 1 aromatic rings. The molecule has 0 aliphatic rings. The number of carbonyl (C=O) groups is 3. The van der Waals surface area contributed by atoms with Gasteiger partial charge in [-0.05, 0) is 43.9 Å². The molecule has 0 aromatic heterocycles. The summed E-state index contributed by atoms with van der Waals surface area (Å²) in [6.07, 6.45) is 5.38. The minimum Gasteiger partial charge on any atom is -0.480 e. The van der Waals surface area contributed by atoms with Gasteiger partial charge in [0.2, 0.25) is 5.91 Å². The van der Waals surface area contributed by atoms with Crippen molar-refractivity contribution in [3.63, 3.8) is 0 Å². The maximum atomic E-state index is 12.0. The lowest BCUT2D eigenvalue weighted by Crippen LogP contribution is -2.38. The summed E-state index contributed by atoms with van der Waals surface area (Å²) in [4.78, 5) is 35.9. The van der Waals surface area contributed by atoms with Crippen molar-refractivity contribution in [2.45, 2.75) is 51.5 Å². The average Bonchev–Trinajstić information content (AvgIpc) is 2.57. The molecule has 1 aromatic carbocycles. The van der Waals surface area contributed by atoms with Gasteiger partial charge in [0.05, 0.1) is 0 Å². The Labute approximate surface area is 149 Å². The first-order valence-electron chi connectivity index (χ1n) is 8.64. The Hall–Kier alpha value is -2.37. The van der Waals surface area contributed by atoms with E-state index in [4.69, 9.17) is 5.11 Å². The molecule has 0 radical (unpaired) electrons. The second kappa shape index (κ2) is 10.5. The van der Waals surface area contributed by atoms with Crippen molar-refractivity contribution in [2.75, 3.05) is 14.1 Å². The number of rotatable bonds is 10. The topological polar surface area (TPSA) is 86.7 Å². The molecule has 1 rings (SSSR count). The van der Waals surface area contributed by atoms with Crippen LogP contribution in [0.25, 0.3) is 0 Å². The SMILES string of the molecule is C[C@@H](NC(=O)c1cccc(CCCCCCC(=O)N(C)C)c1)C(=O)O. The maximum absolute atomic E-state index is 12.0. The molecule has 0 fully saturated rings. The highest BCUT2D eigenvalue weighted by molar-refractivity contribution is 5.96. The van der Waals surface area contributed by atoms with E-state index in [0.717, 1.165) is 37.7 Å². The van der Waals surface area contributed by atoms with Crippen LogP contribution < -0.4 is 5.32 Å². The normalized spacial score (nSPS) is 11.6. The van der Waals surface area contributed by atoms with Crippen LogP contribution in [0.15, 0.2) is 24.3 Å². The first-order chi connectivity index (χ1) is 11.8. The van der Waals surface area contributed by atoms with Crippen LogP contribution in [0.4, 0.5) is 0 Å². The predicted octanol–water partition coefficient (Wildman–Crippen LogP) is 2.47. The maximum Gasteiger partial charge on any atom is 0.325 e. The minimum absolute atomic E-state index is 0.161. The Kier molecular flexibility index (Phi) is 8.67. The third kappa shape index (κ3) is 7.83. The second-order valence-electron chi connectivity index (χ2n) is 6.44. The summed E-state index contributed by atoms with van der Waals surface area (Å²) in [5.74, 6) is -1.27. The lowest BCUT2D eigenvalue weighted by atomic mass is 10.0. The van der Waals surface area contributed by atoms with E-state index >= 15 is 0 Å². The molecule has 6 nitrogen and oxygen atoms in total. The van der Waals surface area contributed by atoms with Crippen LogP contribution in [0, 0.1) is 0 Å². The smallest absolute Gasteiger partial charge is 0.325 e. The third-order valence-electron chi connectivity index (χ3n) is 4.01. The van der Waals surface area contributed by atoms with Crippen molar-refractivity contribution in [1.29, 1.82) is 0 Å². The summed E-state index contributed by atoms with van der Waals surface area (Å²) in [6.45, 7) is 1.44. The number of carboxylic acid groups (broad SMARTS) is 1. The Balaban J connectivity index is 2.37. The van der Waals surface area contributed by atoms with Gasteiger partial charge in [-0.3, -0.25) is 14.4 Å². The molecule has 0 saturated heterocycles. The fourth-order valence-corrected chi connectivity index (χ4v) is 2.39. The molecule has 25 heavy (non-hydrogen) atoms. The third-order valence-corrected chi connectivity index (χ3v) is 4.01. The zero-order valence-corrected chi connectivity index (χ0v) is 15.2. The molecular weight excluding hydrogens is 320 g/mol. The van der Waals surface area contributed by atoms with E-state index in [9.17, 15) is 14.4 Å². The summed E-state index contributed by atoms with van der Waals surface area (Å²) < 4.78 is 0. The molecule has 0 saturated carbocycles. The number of aliphatic carboxylic acids is 1. The van der Waals surface area contributed by atoms with E-state index < -0.39 is 12.0 Å². The Morgan fingerprint density at radius 3 is 2.44 bits per heavy atom. The number of amides is 2. The minimum atomic E-state index is -1.06. The molecule has 2 amide bonds. The van der Waals surface area contributed by atoms with Crippen molar-refractivity contribution in [2.24, 2.45) is 0 Å². The van der Waals surface area contributed by atoms with Crippen LogP contribution in [0.3, 0.4) is 0 Å². The summed E-state index contributed by atoms with van der Waals surface area (Å²) >= 11 is 0. The van der Waals surface area contributed by atoms with Gasteiger partial charge in [0.15, 0.2) is 0 Å². The van der Waals surface area contributed by atoms with Crippen LogP contribution in [-0.4, -0.2) is 47.9 Å². The zero-order chi connectivity index (χ0) is 18.8. The molecule has 0 heterocycles. The highest BCUT2D eigenvalue weighted by Crippen LogP contribution is 2.12. The van der Waals surface area contributed by atoms with Gasteiger partial charge >= 0.3 is 5.97 Å². The van der Waals surface area contributed by atoms with Crippen molar-refractivity contribution in [3.8, 4) is 0 Å². The van der Waals surface area contributed by atoms with Crippen molar-refractivity contribution in [3.05, 3.63) is 35.4 Å². The van der Waals surface area contributed by atoms with Gasteiger partial charge in [0.25, 0.3) is 5.91 Å². The van der Waals surface area contributed by atoms with Gasteiger partial charge in [-0.25, -0.2) is 0 Å². The predicted molar refractivity (Wildman–Crippen MR) is 96.5 cm³/mol. The lowest BCUT2D eigenvalue weighted by Gasteiger charge is -2.10. The van der Waals surface area contributed by atoms with Crippen LogP contribution in [0.1, 0.15) is 54.9 Å². The molecule has 0 unspecified atom stereocenters. The van der Waals surface area contributed by atoms with Gasteiger partial charge in [-0.2, -0.15) is 0 Å². The molecule has 0 aliphatic carbocycles. The van der Waals surface area contributed by atoms with E-state index in [0.29, 0.717) is 12.0 Å². The molecule has 0 bridgehead atoms. The Morgan fingerprint density at radius 2 is 1.80 bits per heavy atom. The number of aryl methyl sites for hydroxylation is 1. The first-order valence-corrected chi connectivity index (χ1v) is 8.64. The number of hydrogen-bond donors (Lipinski definition) is 2. The van der Waals surface area contributed by atoms with Crippen molar-refractivity contribution < 1.29 is 19.5 Å². The largest absolute Gasteiger partial charge is 0.480 e. The first kappa shape index (κ1) is 20.7. The van der Waals surface area contributed by atoms with Gasteiger partial charge in [0.1, 0.15) is 6.04 Å². The van der Waals surface area contributed by atoms with E-state index in [1.54, 1.807) is 31.1 Å². The number of carboxylic acids is 1. The van der Waals surface area contributed by atoms with E-state index in [2.05, 4.69) is 5.32 Å². The number of nitrogens with zero attached hydrogens (tertiary/aromatic N) is 1. The lowest BCUT2D eigenvalue weighted by molar-refractivity contribution is -0.138. The number of nitrogens with one attached hydrogen (secondary N) is 1. The Bertz CT molecular complexity index is 599. The average molecular weight is 348 g/mol. The van der Waals surface area contributed by atoms with Gasteiger partial charge in [-0.15, -0.1) is 0 Å². The number of unbranched alkanes of at least 4 members (excludes halogenated alkanes) is 3. The zero-order valence-electron chi connectivity index (χ0n) is 15.2. The van der Waals surface area contributed by atoms with Crippen LogP contribution in [0.5, 0.6) is 0 Å². The summed E-state index contributed by atoms with van der Waals surface area (Å²) in [5, 5.41) is 11.3. The van der Waals surface area contributed by atoms with Crippen LogP contribution >= 0.6 is 0 Å². The summed E-state index contributed by atoms with van der Waals surface area (Å²) in [6, 6.07) is 6.35.